The van der Waals surface area contributed by atoms with E-state index in [2.05, 4.69) is 5.32 Å². The average molecular weight is 497 g/mol. The van der Waals surface area contributed by atoms with Crippen LogP contribution in [0.4, 0.5) is 11.4 Å². The van der Waals surface area contributed by atoms with Crippen molar-refractivity contribution in [3.05, 3.63) is 77.2 Å². The van der Waals surface area contributed by atoms with Crippen LogP contribution in [0.1, 0.15) is 15.2 Å². The molecule has 0 aliphatic heterocycles. The van der Waals surface area contributed by atoms with Crippen molar-refractivity contribution in [1.29, 1.82) is 0 Å². The predicted octanol–water partition coefficient (Wildman–Crippen LogP) is 5.30. The van der Waals surface area contributed by atoms with Gasteiger partial charge in [-0.1, -0.05) is 0 Å². The van der Waals surface area contributed by atoms with E-state index in [-0.39, 0.29) is 10.8 Å². The Bertz CT molecular complexity index is 1460. The zero-order valence-electron chi connectivity index (χ0n) is 19.2. The molecule has 7 nitrogen and oxygen atoms in total. The van der Waals surface area contributed by atoms with Crippen LogP contribution in [0, 0.1) is 6.92 Å². The highest BCUT2D eigenvalue weighted by atomic mass is 32.2. The fourth-order valence-electron chi connectivity index (χ4n) is 3.51. The second kappa shape index (κ2) is 9.36. The lowest BCUT2D eigenvalue weighted by Gasteiger charge is -2.20. The standard InChI is InChI=1S/C25H24N2O5S2/c1-16-13-21(10-11-22(16)32-4)34(29,30)27(2)19-7-12-23-17(14-19)15-24(33-23)25(28)26-18-5-8-20(31-3)9-6-18/h5-15H,1-4H3,(H,26,28). The van der Waals surface area contributed by atoms with Crippen molar-refractivity contribution in [2.24, 2.45) is 0 Å². The van der Waals surface area contributed by atoms with Crippen LogP contribution in [0.3, 0.4) is 0 Å². The Hall–Kier alpha value is -3.56. The highest BCUT2D eigenvalue weighted by molar-refractivity contribution is 7.92. The maximum absolute atomic E-state index is 13.2. The van der Waals surface area contributed by atoms with Gasteiger partial charge < -0.3 is 14.8 Å². The Morgan fingerprint density at radius 2 is 1.68 bits per heavy atom. The SMILES string of the molecule is COc1ccc(NC(=O)c2cc3cc(N(C)S(=O)(=O)c4ccc(OC)c(C)c4)ccc3s2)cc1. The molecule has 0 radical (unpaired) electrons. The molecule has 176 valence electrons. The normalized spacial score (nSPS) is 11.3. The molecule has 0 aliphatic carbocycles. The molecule has 0 unspecified atom stereocenters. The van der Waals surface area contributed by atoms with Gasteiger partial charge in [0.1, 0.15) is 11.5 Å². The number of methoxy groups -OCH3 is 2. The van der Waals surface area contributed by atoms with Crippen LogP contribution in [0.5, 0.6) is 11.5 Å². The van der Waals surface area contributed by atoms with E-state index in [0.717, 1.165) is 15.6 Å². The maximum atomic E-state index is 13.2. The number of rotatable bonds is 7. The van der Waals surface area contributed by atoms with Crippen LogP contribution in [0.2, 0.25) is 0 Å². The zero-order valence-corrected chi connectivity index (χ0v) is 20.8. The minimum Gasteiger partial charge on any atom is -0.497 e. The lowest BCUT2D eigenvalue weighted by molar-refractivity contribution is 0.103. The summed E-state index contributed by atoms with van der Waals surface area (Å²) in [6, 6.07) is 18.9. The lowest BCUT2D eigenvalue weighted by Crippen LogP contribution is -2.26. The average Bonchev–Trinajstić information content (AvgIpc) is 3.27. The summed E-state index contributed by atoms with van der Waals surface area (Å²) in [6.45, 7) is 1.80. The van der Waals surface area contributed by atoms with E-state index >= 15 is 0 Å². The van der Waals surface area contributed by atoms with Gasteiger partial charge in [0, 0.05) is 17.4 Å². The smallest absolute Gasteiger partial charge is 0.265 e. The Labute approximate surface area is 202 Å². The molecule has 9 heteroatoms. The van der Waals surface area contributed by atoms with Gasteiger partial charge in [-0.05, 0) is 84.6 Å². The fourth-order valence-corrected chi connectivity index (χ4v) is 5.73. The molecule has 3 aromatic carbocycles. The molecule has 1 aromatic heterocycles. The number of carbonyl (C=O) groups excluding carboxylic acids is 1. The Kier molecular flexibility index (Phi) is 6.49. The van der Waals surface area contributed by atoms with Gasteiger partial charge in [0.15, 0.2) is 0 Å². The topological polar surface area (TPSA) is 84.9 Å². The van der Waals surface area contributed by atoms with E-state index in [1.54, 1.807) is 75.7 Å². The molecule has 0 saturated heterocycles. The third-order valence-corrected chi connectivity index (χ3v) is 8.36. The van der Waals surface area contributed by atoms with E-state index in [4.69, 9.17) is 9.47 Å². The van der Waals surface area contributed by atoms with Gasteiger partial charge in [0.2, 0.25) is 0 Å². The number of thiophene rings is 1. The van der Waals surface area contributed by atoms with Crippen molar-refractivity contribution in [2.75, 3.05) is 30.9 Å². The summed E-state index contributed by atoms with van der Waals surface area (Å²) in [6.07, 6.45) is 0. The molecule has 4 rings (SSSR count). The first-order chi connectivity index (χ1) is 16.2. The van der Waals surface area contributed by atoms with Crippen LogP contribution in [-0.4, -0.2) is 35.6 Å². The van der Waals surface area contributed by atoms with E-state index in [1.165, 1.54) is 28.8 Å². The van der Waals surface area contributed by atoms with E-state index in [1.807, 2.05) is 6.07 Å². The third kappa shape index (κ3) is 4.57. The molecule has 0 aliphatic rings. The molecule has 1 amide bonds. The van der Waals surface area contributed by atoms with Crippen LogP contribution >= 0.6 is 11.3 Å². The van der Waals surface area contributed by atoms with Gasteiger partial charge in [0.25, 0.3) is 15.9 Å². The molecule has 4 aromatic rings. The summed E-state index contributed by atoms with van der Waals surface area (Å²) in [5, 5.41) is 3.65. The second-order valence-electron chi connectivity index (χ2n) is 7.62. The first-order valence-corrected chi connectivity index (χ1v) is 12.6. The number of anilines is 2. The number of amides is 1. The largest absolute Gasteiger partial charge is 0.497 e. The van der Waals surface area contributed by atoms with E-state index in [9.17, 15) is 13.2 Å². The number of sulfonamides is 1. The number of nitrogens with one attached hydrogen (secondary N) is 1. The van der Waals surface area contributed by atoms with Crippen molar-refractivity contribution in [2.45, 2.75) is 11.8 Å². The van der Waals surface area contributed by atoms with Gasteiger partial charge >= 0.3 is 0 Å². The van der Waals surface area contributed by atoms with Crippen molar-refractivity contribution >= 4 is 48.7 Å². The van der Waals surface area contributed by atoms with Crippen molar-refractivity contribution < 1.29 is 22.7 Å². The van der Waals surface area contributed by atoms with E-state index < -0.39 is 10.0 Å². The van der Waals surface area contributed by atoms with Crippen LogP contribution in [0.15, 0.2) is 71.6 Å². The van der Waals surface area contributed by atoms with Gasteiger partial charge in [0.05, 0.1) is 29.7 Å². The summed E-state index contributed by atoms with van der Waals surface area (Å²) in [4.78, 5) is 13.4. The number of benzene rings is 3. The number of hydrogen-bond donors (Lipinski definition) is 1. The second-order valence-corrected chi connectivity index (χ2v) is 10.7. The van der Waals surface area contributed by atoms with Crippen molar-refractivity contribution in [1.82, 2.24) is 0 Å². The molecular weight excluding hydrogens is 472 g/mol. The number of aryl methyl sites for hydroxylation is 1. The quantitative estimate of drug-likeness (QED) is 0.375. The molecule has 0 saturated carbocycles. The minimum absolute atomic E-state index is 0.179. The summed E-state index contributed by atoms with van der Waals surface area (Å²) >= 11 is 1.34. The molecular formula is C25H24N2O5S2. The molecule has 0 bridgehead atoms. The highest BCUT2D eigenvalue weighted by Crippen LogP contribution is 2.32. The van der Waals surface area contributed by atoms with Crippen LogP contribution in [-0.2, 0) is 10.0 Å². The molecule has 1 N–H and O–H groups in total. The Morgan fingerprint density at radius 1 is 0.941 bits per heavy atom. The van der Waals surface area contributed by atoms with Crippen LogP contribution in [0.25, 0.3) is 10.1 Å². The monoisotopic (exact) mass is 496 g/mol. The predicted molar refractivity (Wildman–Crippen MR) is 136 cm³/mol. The summed E-state index contributed by atoms with van der Waals surface area (Å²) in [5.41, 5.74) is 1.89. The van der Waals surface area contributed by atoms with Crippen molar-refractivity contribution in [3.63, 3.8) is 0 Å². The molecule has 34 heavy (non-hydrogen) atoms. The number of nitrogens with zero attached hydrogens (tertiary/aromatic N) is 1. The van der Waals surface area contributed by atoms with Crippen molar-refractivity contribution in [3.8, 4) is 11.5 Å². The zero-order chi connectivity index (χ0) is 24.5. The third-order valence-electron chi connectivity index (χ3n) is 5.46. The van der Waals surface area contributed by atoms with Gasteiger partial charge in [-0.3, -0.25) is 9.10 Å². The lowest BCUT2D eigenvalue weighted by atomic mass is 10.2. The Morgan fingerprint density at radius 3 is 2.32 bits per heavy atom. The van der Waals surface area contributed by atoms with Crippen LogP contribution < -0.4 is 19.1 Å². The minimum atomic E-state index is -3.77. The highest BCUT2D eigenvalue weighted by Gasteiger charge is 2.23. The molecule has 0 fully saturated rings. The number of ether oxygens (including phenoxy) is 2. The number of carbonyl (C=O) groups is 1. The van der Waals surface area contributed by atoms with Gasteiger partial charge in [-0.15, -0.1) is 11.3 Å². The number of hydrogen-bond acceptors (Lipinski definition) is 6. The maximum Gasteiger partial charge on any atom is 0.265 e. The first-order valence-electron chi connectivity index (χ1n) is 10.4. The molecule has 0 atom stereocenters. The first kappa shape index (κ1) is 23.6. The summed E-state index contributed by atoms with van der Waals surface area (Å²) < 4.78 is 38.9. The fraction of sp³-hybridized carbons (Fsp3) is 0.160. The van der Waals surface area contributed by atoms with Gasteiger partial charge in [-0.25, -0.2) is 8.42 Å². The van der Waals surface area contributed by atoms with E-state index in [0.29, 0.717) is 27.8 Å². The van der Waals surface area contributed by atoms with Gasteiger partial charge in [-0.2, -0.15) is 0 Å². The Balaban J connectivity index is 1.58. The molecule has 0 spiro atoms. The summed E-state index contributed by atoms with van der Waals surface area (Å²) in [7, 11) is 0.870. The summed E-state index contributed by atoms with van der Waals surface area (Å²) in [5.74, 6) is 1.10. The number of fused-ring (bicyclic) bond motifs is 1. The molecule has 1 heterocycles.